The SMILES string of the molecule is Cc1c(N2CCC(F)(CNC(=O)OC(C)(C)C)C2)c(F)cc2cc(CN)c(=O)n(C3CC3)c12. The molecule has 1 aliphatic heterocycles. The van der Waals surface area contributed by atoms with Gasteiger partial charge in [0.15, 0.2) is 0 Å². The van der Waals surface area contributed by atoms with E-state index in [-0.39, 0.29) is 37.7 Å². The second-order valence-electron chi connectivity index (χ2n) is 10.2. The van der Waals surface area contributed by atoms with Gasteiger partial charge in [-0.15, -0.1) is 0 Å². The third kappa shape index (κ3) is 4.69. The lowest BCUT2D eigenvalue weighted by atomic mass is 10.0. The van der Waals surface area contributed by atoms with Crippen molar-refractivity contribution in [2.75, 3.05) is 24.5 Å². The monoisotopic (exact) mass is 462 g/mol. The van der Waals surface area contributed by atoms with Crippen LogP contribution in [-0.2, 0) is 11.3 Å². The van der Waals surface area contributed by atoms with Gasteiger partial charge in [-0.2, -0.15) is 0 Å². The minimum atomic E-state index is -1.72. The smallest absolute Gasteiger partial charge is 0.407 e. The molecule has 1 aromatic heterocycles. The molecule has 1 aliphatic carbocycles. The van der Waals surface area contributed by atoms with Crippen LogP contribution in [0.5, 0.6) is 0 Å². The number of fused-ring (bicyclic) bond motifs is 1. The van der Waals surface area contributed by atoms with E-state index in [0.717, 1.165) is 12.8 Å². The van der Waals surface area contributed by atoms with Crippen LogP contribution in [0.4, 0.5) is 19.3 Å². The average Bonchev–Trinajstić information content (AvgIpc) is 3.48. The van der Waals surface area contributed by atoms with Gasteiger partial charge in [-0.05, 0) is 58.2 Å². The fraction of sp³-hybridized carbons (Fsp3) is 0.583. The number of nitrogens with two attached hydrogens (primary N) is 1. The number of nitrogens with zero attached hydrogens (tertiary/aromatic N) is 2. The third-order valence-corrected chi connectivity index (χ3v) is 6.26. The highest BCUT2D eigenvalue weighted by Gasteiger charge is 2.41. The van der Waals surface area contributed by atoms with Crippen LogP contribution in [-0.4, -0.2) is 41.6 Å². The molecule has 1 saturated carbocycles. The zero-order chi connectivity index (χ0) is 24.1. The predicted molar refractivity (Wildman–Crippen MR) is 124 cm³/mol. The van der Waals surface area contributed by atoms with Gasteiger partial charge in [0.05, 0.1) is 24.3 Å². The summed E-state index contributed by atoms with van der Waals surface area (Å²) in [5.41, 5.74) is 5.26. The van der Waals surface area contributed by atoms with Crippen molar-refractivity contribution in [2.24, 2.45) is 5.73 Å². The number of ether oxygens (including phenoxy) is 1. The molecular weight excluding hydrogens is 430 g/mol. The number of carbonyl (C=O) groups excluding carboxylic acids is 1. The number of pyridine rings is 1. The van der Waals surface area contributed by atoms with Gasteiger partial charge in [-0.3, -0.25) is 4.79 Å². The maximum Gasteiger partial charge on any atom is 0.407 e. The zero-order valence-electron chi connectivity index (χ0n) is 19.6. The van der Waals surface area contributed by atoms with E-state index in [0.29, 0.717) is 34.3 Å². The molecule has 1 amide bonds. The van der Waals surface area contributed by atoms with E-state index in [2.05, 4.69) is 5.32 Å². The zero-order valence-corrected chi connectivity index (χ0v) is 19.6. The molecule has 0 radical (unpaired) electrons. The van der Waals surface area contributed by atoms with Crippen LogP contribution >= 0.6 is 0 Å². The second-order valence-corrected chi connectivity index (χ2v) is 10.2. The predicted octanol–water partition coefficient (Wildman–Crippen LogP) is 3.69. The molecule has 2 heterocycles. The molecule has 1 unspecified atom stereocenters. The largest absolute Gasteiger partial charge is 0.444 e. The Morgan fingerprint density at radius 1 is 1.33 bits per heavy atom. The van der Waals surface area contributed by atoms with Gasteiger partial charge in [0.1, 0.15) is 17.1 Å². The Balaban J connectivity index is 1.63. The summed E-state index contributed by atoms with van der Waals surface area (Å²) in [4.78, 5) is 26.6. The third-order valence-electron chi connectivity index (χ3n) is 6.26. The van der Waals surface area contributed by atoms with E-state index >= 15 is 8.78 Å². The van der Waals surface area contributed by atoms with Crippen LogP contribution in [0.25, 0.3) is 10.9 Å². The summed E-state index contributed by atoms with van der Waals surface area (Å²) in [5.74, 6) is -0.465. The highest BCUT2D eigenvalue weighted by molar-refractivity contribution is 5.88. The molecule has 33 heavy (non-hydrogen) atoms. The van der Waals surface area contributed by atoms with Gasteiger partial charge in [0.2, 0.25) is 0 Å². The molecule has 7 nitrogen and oxygen atoms in total. The van der Waals surface area contributed by atoms with Crippen LogP contribution < -0.4 is 21.5 Å². The van der Waals surface area contributed by atoms with Crippen molar-refractivity contribution in [3.63, 3.8) is 0 Å². The number of carbonyl (C=O) groups is 1. The number of alkyl carbamates (subject to hydrolysis) is 1. The molecule has 9 heteroatoms. The number of hydrogen-bond donors (Lipinski definition) is 2. The lowest BCUT2D eigenvalue weighted by Crippen LogP contribution is -2.43. The summed E-state index contributed by atoms with van der Waals surface area (Å²) in [5, 5.41) is 3.11. The molecule has 3 N–H and O–H groups in total. The molecule has 1 atom stereocenters. The van der Waals surface area contributed by atoms with E-state index in [4.69, 9.17) is 10.5 Å². The lowest BCUT2D eigenvalue weighted by Gasteiger charge is -2.26. The molecule has 4 rings (SSSR count). The Labute approximate surface area is 191 Å². The maximum absolute atomic E-state index is 15.5. The van der Waals surface area contributed by atoms with E-state index in [1.807, 2.05) is 0 Å². The number of aromatic nitrogens is 1. The van der Waals surface area contributed by atoms with Crippen molar-refractivity contribution in [3.05, 3.63) is 39.4 Å². The van der Waals surface area contributed by atoms with Gasteiger partial charge in [-0.25, -0.2) is 13.6 Å². The summed E-state index contributed by atoms with van der Waals surface area (Å²) >= 11 is 0. The number of hydrogen-bond acceptors (Lipinski definition) is 5. The molecule has 2 aromatic rings. The van der Waals surface area contributed by atoms with Crippen LogP contribution in [0.3, 0.4) is 0 Å². The Hall–Kier alpha value is -2.68. The van der Waals surface area contributed by atoms with Crippen molar-refractivity contribution in [1.29, 1.82) is 0 Å². The number of rotatable bonds is 5. The lowest BCUT2D eigenvalue weighted by molar-refractivity contribution is 0.0486. The molecule has 0 bridgehead atoms. The van der Waals surface area contributed by atoms with Gasteiger partial charge < -0.3 is 25.3 Å². The molecule has 2 fully saturated rings. The number of amides is 1. The first-order chi connectivity index (χ1) is 15.4. The van der Waals surface area contributed by atoms with Gasteiger partial charge in [-0.1, -0.05) is 0 Å². The summed E-state index contributed by atoms with van der Waals surface area (Å²) < 4.78 is 37.7. The number of nitrogens with one attached hydrogen (secondary N) is 1. The average molecular weight is 463 g/mol. The van der Waals surface area contributed by atoms with E-state index in [9.17, 15) is 9.59 Å². The van der Waals surface area contributed by atoms with Crippen molar-refractivity contribution in [1.82, 2.24) is 9.88 Å². The topological polar surface area (TPSA) is 89.6 Å². The molecule has 0 spiro atoms. The minimum absolute atomic E-state index is 0.0688. The first-order valence-electron chi connectivity index (χ1n) is 11.4. The summed E-state index contributed by atoms with van der Waals surface area (Å²) in [6.07, 6.45) is 1.24. The van der Waals surface area contributed by atoms with Crippen molar-refractivity contribution >= 4 is 22.7 Å². The minimum Gasteiger partial charge on any atom is -0.444 e. The Kier molecular flexibility index (Phi) is 5.88. The molecule has 180 valence electrons. The second kappa shape index (κ2) is 8.27. The molecule has 1 aromatic carbocycles. The Bertz CT molecular complexity index is 1150. The van der Waals surface area contributed by atoms with Gasteiger partial charge >= 0.3 is 6.09 Å². The maximum atomic E-state index is 15.5. The Morgan fingerprint density at radius 3 is 2.64 bits per heavy atom. The number of halogens is 2. The number of aryl methyl sites for hydroxylation is 1. The van der Waals surface area contributed by atoms with Gasteiger partial charge in [0.25, 0.3) is 5.56 Å². The van der Waals surface area contributed by atoms with Crippen LogP contribution in [0, 0.1) is 12.7 Å². The van der Waals surface area contributed by atoms with Crippen molar-refractivity contribution in [3.8, 4) is 0 Å². The standard InChI is InChI=1S/C24H32F2N4O3/c1-14-19-15(9-16(11-27)21(31)30(19)17-5-6-17)10-18(25)20(14)29-8-7-24(26,13-29)12-28-22(32)33-23(2,3)4/h9-10,17H,5-8,11-13,27H2,1-4H3,(H,28,32). The quantitative estimate of drug-likeness (QED) is 0.708. The number of alkyl halides is 1. The normalized spacial score (nSPS) is 21.0. The van der Waals surface area contributed by atoms with Crippen molar-refractivity contribution in [2.45, 2.75) is 70.8 Å². The van der Waals surface area contributed by atoms with Crippen LogP contribution in [0.15, 0.2) is 16.9 Å². The molecule has 2 aliphatic rings. The summed E-state index contributed by atoms with van der Waals surface area (Å²) in [6.45, 7) is 7.07. The van der Waals surface area contributed by atoms with Crippen molar-refractivity contribution < 1.29 is 18.3 Å². The van der Waals surface area contributed by atoms with E-state index in [1.165, 1.54) is 6.07 Å². The van der Waals surface area contributed by atoms with Crippen LogP contribution in [0.2, 0.25) is 0 Å². The number of anilines is 1. The summed E-state index contributed by atoms with van der Waals surface area (Å²) in [6, 6.07) is 3.15. The van der Waals surface area contributed by atoms with Gasteiger partial charge in [0, 0.05) is 36.5 Å². The Morgan fingerprint density at radius 2 is 2.03 bits per heavy atom. The van der Waals surface area contributed by atoms with Crippen LogP contribution in [0.1, 0.15) is 57.2 Å². The fourth-order valence-corrected chi connectivity index (χ4v) is 4.65. The van der Waals surface area contributed by atoms with E-state index < -0.39 is 23.2 Å². The highest BCUT2D eigenvalue weighted by Crippen LogP contribution is 2.41. The van der Waals surface area contributed by atoms with E-state index in [1.54, 1.807) is 43.2 Å². The first-order valence-corrected chi connectivity index (χ1v) is 11.4. The number of benzene rings is 1. The highest BCUT2D eigenvalue weighted by atomic mass is 19.1. The first kappa shape index (κ1) is 23.5. The fourth-order valence-electron chi connectivity index (χ4n) is 4.65. The summed E-state index contributed by atoms with van der Waals surface area (Å²) in [7, 11) is 0. The molecular formula is C24H32F2N4O3. The molecule has 1 saturated heterocycles.